The van der Waals surface area contributed by atoms with E-state index in [2.05, 4.69) is 4.98 Å². The van der Waals surface area contributed by atoms with E-state index in [-0.39, 0.29) is 17.6 Å². The number of aromatic nitrogens is 2. The number of carbonyl (C=O) groups is 1. The Hall–Kier alpha value is -2.67. The van der Waals surface area contributed by atoms with Gasteiger partial charge in [0.15, 0.2) is 0 Å². The molecule has 1 heterocycles. The van der Waals surface area contributed by atoms with Crippen LogP contribution in [-0.4, -0.2) is 37.2 Å². The molecule has 3 rings (SSSR count). The number of hydrogen-bond acceptors (Lipinski definition) is 4. The normalized spacial score (nSPS) is 11.6. The van der Waals surface area contributed by atoms with Crippen LogP contribution in [0, 0.1) is 0 Å². The maximum Gasteiger partial charge on any atom is 0.246 e. The second-order valence-electron chi connectivity index (χ2n) is 5.53. The van der Waals surface area contributed by atoms with E-state index in [4.69, 9.17) is 0 Å². The lowest BCUT2D eigenvalue weighted by atomic mass is 10.3. The summed E-state index contributed by atoms with van der Waals surface area (Å²) in [5, 5.41) is -0.0986. The molecule has 0 atom stereocenters. The molecule has 1 amide bonds. The van der Waals surface area contributed by atoms with Crippen molar-refractivity contribution in [1.82, 2.24) is 9.55 Å². The highest BCUT2D eigenvalue weighted by atomic mass is 32.2. The lowest BCUT2D eigenvalue weighted by Gasteiger charge is -2.18. The number of para-hydroxylation sites is 3. The molecule has 124 valence electrons. The van der Waals surface area contributed by atoms with Crippen molar-refractivity contribution >= 4 is 32.5 Å². The summed E-state index contributed by atoms with van der Waals surface area (Å²) in [7, 11) is -1.89. The van der Waals surface area contributed by atoms with E-state index in [1.165, 1.54) is 9.47 Å². The fourth-order valence-corrected chi connectivity index (χ4v) is 3.35. The molecule has 0 fully saturated rings. The van der Waals surface area contributed by atoms with Crippen molar-refractivity contribution in [1.29, 1.82) is 0 Å². The second kappa shape index (κ2) is 6.09. The van der Waals surface area contributed by atoms with Crippen molar-refractivity contribution in [2.45, 2.75) is 11.7 Å². The van der Waals surface area contributed by atoms with Crippen LogP contribution in [0.5, 0.6) is 0 Å². The van der Waals surface area contributed by atoms with Gasteiger partial charge in [0.2, 0.25) is 20.9 Å². The van der Waals surface area contributed by atoms with Crippen LogP contribution in [0.1, 0.15) is 0 Å². The lowest BCUT2D eigenvalue weighted by molar-refractivity contribution is -0.118. The van der Waals surface area contributed by atoms with Crippen LogP contribution in [0.4, 0.5) is 5.69 Å². The van der Waals surface area contributed by atoms with Crippen molar-refractivity contribution in [3.8, 4) is 0 Å². The van der Waals surface area contributed by atoms with Gasteiger partial charge in [-0.2, -0.15) is 0 Å². The molecule has 0 unspecified atom stereocenters. The third-order valence-electron chi connectivity index (χ3n) is 3.76. The summed E-state index contributed by atoms with van der Waals surface area (Å²) in [6.45, 7) is -0.103. The third-order valence-corrected chi connectivity index (χ3v) is 4.74. The van der Waals surface area contributed by atoms with Gasteiger partial charge in [0, 0.05) is 19.0 Å². The fraction of sp³-hybridized carbons (Fsp3) is 0.176. The minimum atomic E-state index is -3.55. The number of anilines is 1. The fourth-order valence-electron chi connectivity index (χ4n) is 2.53. The molecule has 0 saturated heterocycles. The highest BCUT2D eigenvalue weighted by Crippen LogP contribution is 2.20. The molecule has 0 bridgehead atoms. The van der Waals surface area contributed by atoms with E-state index in [1.807, 2.05) is 30.3 Å². The predicted molar refractivity (Wildman–Crippen MR) is 92.7 cm³/mol. The Kier molecular flexibility index (Phi) is 4.11. The van der Waals surface area contributed by atoms with Crippen molar-refractivity contribution in [2.75, 3.05) is 18.2 Å². The van der Waals surface area contributed by atoms with Crippen molar-refractivity contribution in [3.63, 3.8) is 0 Å². The number of carbonyl (C=O) groups excluding carboxylic acids is 1. The maximum atomic E-state index is 12.6. The van der Waals surface area contributed by atoms with Crippen LogP contribution in [0.3, 0.4) is 0 Å². The zero-order valence-corrected chi connectivity index (χ0v) is 14.2. The predicted octanol–water partition coefficient (Wildman–Crippen LogP) is 2.10. The number of amides is 1. The number of sulfone groups is 1. The van der Waals surface area contributed by atoms with Gasteiger partial charge in [0.25, 0.3) is 0 Å². The number of hydrogen-bond donors (Lipinski definition) is 0. The van der Waals surface area contributed by atoms with E-state index >= 15 is 0 Å². The maximum absolute atomic E-state index is 12.6. The van der Waals surface area contributed by atoms with Crippen LogP contribution >= 0.6 is 0 Å². The van der Waals surface area contributed by atoms with Crippen molar-refractivity contribution in [2.24, 2.45) is 0 Å². The third kappa shape index (κ3) is 3.03. The van der Waals surface area contributed by atoms with Gasteiger partial charge in [-0.3, -0.25) is 4.79 Å². The lowest BCUT2D eigenvalue weighted by Crippen LogP contribution is -2.30. The molecule has 1 aromatic heterocycles. The van der Waals surface area contributed by atoms with Crippen molar-refractivity contribution in [3.05, 3.63) is 54.6 Å². The largest absolute Gasteiger partial charge is 0.314 e. The summed E-state index contributed by atoms with van der Waals surface area (Å²) >= 11 is 0. The number of rotatable bonds is 4. The van der Waals surface area contributed by atoms with E-state index in [0.29, 0.717) is 11.0 Å². The highest BCUT2D eigenvalue weighted by Gasteiger charge is 2.22. The molecule has 24 heavy (non-hydrogen) atoms. The van der Waals surface area contributed by atoms with E-state index < -0.39 is 9.84 Å². The van der Waals surface area contributed by atoms with Gasteiger partial charge in [-0.05, 0) is 24.3 Å². The number of imidazole rings is 1. The number of nitrogens with zero attached hydrogens (tertiary/aromatic N) is 3. The Morgan fingerprint density at radius 3 is 2.38 bits per heavy atom. The summed E-state index contributed by atoms with van der Waals surface area (Å²) in [4.78, 5) is 18.3. The average Bonchev–Trinajstić information content (AvgIpc) is 2.94. The molecule has 0 aliphatic carbocycles. The van der Waals surface area contributed by atoms with Crippen LogP contribution in [0.15, 0.2) is 59.8 Å². The summed E-state index contributed by atoms with van der Waals surface area (Å²) in [6.07, 6.45) is 1.09. The minimum absolute atomic E-state index is 0.0986. The molecular formula is C17H17N3O3S. The first kappa shape index (κ1) is 16.2. The number of fused-ring (bicyclic) bond motifs is 1. The standard InChI is InChI=1S/C17H17N3O3S/c1-19(13-8-4-3-5-9-13)16(21)12-20-15-11-7-6-10-14(15)18-17(20)24(2,22)23/h3-11H,12H2,1-2H3. The quantitative estimate of drug-likeness (QED) is 0.727. The Morgan fingerprint density at radius 1 is 1.08 bits per heavy atom. The monoisotopic (exact) mass is 343 g/mol. The van der Waals surface area contributed by atoms with Crippen molar-refractivity contribution < 1.29 is 13.2 Å². The minimum Gasteiger partial charge on any atom is -0.314 e. The molecule has 6 nitrogen and oxygen atoms in total. The van der Waals surface area contributed by atoms with E-state index in [9.17, 15) is 13.2 Å². The Bertz CT molecular complexity index is 994. The molecule has 0 saturated carbocycles. The summed E-state index contributed by atoms with van der Waals surface area (Å²) in [5.41, 5.74) is 1.91. The van der Waals surface area contributed by atoms with E-state index in [1.54, 1.807) is 31.3 Å². The molecule has 0 radical (unpaired) electrons. The SMILES string of the molecule is CN(C(=O)Cn1c(S(C)(=O)=O)nc2ccccc21)c1ccccc1. The zero-order chi connectivity index (χ0) is 17.3. The molecular weight excluding hydrogens is 326 g/mol. The Labute approximate surface area is 140 Å². The Morgan fingerprint density at radius 2 is 1.71 bits per heavy atom. The first-order valence-electron chi connectivity index (χ1n) is 7.35. The average molecular weight is 343 g/mol. The molecule has 7 heteroatoms. The van der Waals surface area contributed by atoms with Gasteiger partial charge < -0.3 is 9.47 Å². The molecule has 0 N–H and O–H groups in total. The molecule has 2 aromatic carbocycles. The Balaban J connectivity index is 2.02. The molecule has 0 spiro atoms. The topological polar surface area (TPSA) is 72.3 Å². The number of likely N-dealkylation sites (N-methyl/N-ethyl adjacent to an activating group) is 1. The highest BCUT2D eigenvalue weighted by molar-refractivity contribution is 7.90. The van der Waals surface area contributed by atoms with Gasteiger partial charge in [0.05, 0.1) is 11.0 Å². The smallest absolute Gasteiger partial charge is 0.246 e. The van der Waals surface area contributed by atoms with E-state index in [0.717, 1.165) is 11.9 Å². The summed E-state index contributed by atoms with van der Waals surface area (Å²) in [6, 6.07) is 16.2. The second-order valence-corrected chi connectivity index (χ2v) is 7.44. The van der Waals surface area contributed by atoms with Crippen LogP contribution in [-0.2, 0) is 21.2 Å². The van der Waals surface area contributed by atoms with Gasteiger partial charge in [-0.1, -0.05) is 30.3 Å². The van der Waals surface area contributed by atoms with Gasteiger partial charge in [0.1, 0.15) is 6.54 Å². The van der Waals surface area contributed by atoms with Gasteiger partial charge in [-0.15, -0.1) is 0 Å². The van der Waals surface area contributed by atoms with Gasteiger partial charge in [-0.25, -0.2) is 13.4 Å². The van der Waals surface area contributed by atoms with Crippen LogP contribution < -0.4 is 4.90 Å². The molecule has 0 aliphatic heterocycles. The zero-order valence-electron chi connectivity index (χ0n) is 13.4. The first-order valence-corrected chi connectivity index (χ1v) is 9.24. The molecule has 3 aromatic rings. The number of benzene rings is 2. The van der Waals surface area contributed by atoms with Crippen LogP contribution in [0.2, 0.25) is 0 Å². The van der Waals surface area contributed by atoms with Crippen LogP contribution in [0.25, 0.3) is 11.0 Å². The van der Waals surface area contributed by atoms with Gasteiger partial charge >= 0.3 is 0 Å². The summed E-state index contributed by atoms with van der Waals surface area (Å²) in [5.74, 6) is -0.228. The molecule has 0 aliphatic rings. The summed E-state index contributed by atoms with van der Waals surface area (Å²) < 4.78 is 25.5. The first-order chi connectivity index (χ1) is 11.4.